The molecule has 0 radical (unpaired) electrons. The summed E-state index contributed by atoms with van der Waals surface area (Å²) in [6.07, 6.45) is 1.20. The molecular formula is C16H25ClFIN4. The lowest BCUT2D eigenvalue weighted by Crippen LogP contribution is -2.41. The smallest absolute Gasteiger partial charge is 0.193 e. The second-order valence-electron chi connectivity index (χ2n) is 5.90. The van der Waals surface area contributed by atoms with Crippen LogP contribution < -0.4 is 5.32 Å². The van der Waals surface area contributed by atoms with Crippen molar-refractivity contribution < 1.29 is 4.39 Å². The Balaban J connectivity index is 0.00000264. The third kappa shape index (κ3) is 5.76. The molecule has 7 heteroatoms. The van der Waals surface area contributed by atoms with E-state index in [-0.39, 0.29) is 29.8 Å². The minimum atomic E-state index is -0.285. The zero-order valence-electron chi connectivity index (χ0n) is 13.9. The molecule has 4 nitrogen and oxygen atoms in total. The van der Waals surface area contributed by atoms with Gasteiger partial charge in [0, 0.05) is 44.3 Å². The summed E-state index contributed by atoms with van der Waals surface area (Å²) in [6, 6.07) is 4.75. The largest absolute Gasteiger partial charge is 0.356 e. The molecule has 0 amide bonds. The van der Waals surface area contributed by atoms with Crippen LogP contribution in [-0.4, -0.2) is 56.5 Å². The summed E-state index contributed by atoms with van der Waals surface area (Å²) in [6.45, 7) is 3.51. The average Bonchev–Trinajstić information content (AvgIpc) is 2.89. The molecule has 1 aromatic rings. The van der Waals surface area contributed by atoms with Crippen molar-refractivity contribution in [3.05, 3.63) is 34.6 Å². The van der Waals surface area contributed by atoms with Crippen LogP contribution in [0.15, 0.2) is 23.2 Å². The molecule has 2 rings (SSSR count). The third-order valence-electron chi connectivity index (χ3n) is 4.07. The van der Waals surface area contributed by atoms with E-state index in [1.54, 1.807) is 19.2 Å². The Morgan fingerprint density at radius 3 is 2.83 bits per heavy atom. The second kappa shape index (κ2) is 9.64. The topological polar surface area (TPSA) is 30.9 Å². The fourth-order valence-electron chi connectivity index (χ4n) is 2.81. The summed E-state index contributed by atoms with van der Waals surface area (Å²) in [5.74, 6) is 1.10. The van der Waals surface area contributed by atoms with Crippen molar-refractivity contribution in [2.24, 2.45) is 10.9 Å². The first kappa shape index (κ1) is 20.4. The van der Waals surface area contributed by atoms with Crippen LogP contribution in [0.2, 0.25) is 5.02 Å². The van der Waals surface area contributed by atoms with Crippen molar-refractivity contribution in [3.63, 3.8) is 0 Å². The number of hydrogen-bond acceptors (Lipinski definition) is 2. The second-order valence-corrected chi connectivity index (χ2v) is 6.31. The number of halogens is 3. The van der Waals surface area contributed by atoms with Crippen molar-refractivity contribution in [2.75, 3.05) is 40.8 Å². The van der Waals surface area contributed by atoms with Crippen LogP contribution in [0.25, 0.3) is 0 Å². The van der Waals surface area contributed by atoms with Gasteiger partial charge in [0.25, 0.3) is 0 Å². The van der Waals surface area contributed by atoms with Crippen LogP contribution >= 0.6 is 35.6 Å². The van der Waals surface area contributed by atoms with Gasteiger partial charge in [0.15, 0.2) is 5.96 Å². The van der Waals surface area contributed by atoms with E-state index in [0.717, 1.165) is 25.6 Å². The predicted octanol–water partition coefficient (Wildman–Crippen LogP) is 3.06. The average molecular weight is 455 g/mol. The first-order chi connectivity index (χ1) is 10.5. The number of rotatable bonds is 4. The van der Waals surface area contributed by atoms with Crippen molar-refractivity contribution >= 4 is 41.5 Å². The molecule has 1 unspecified atom stereocenters. The summed E-state index contributed by atoms with van der Waals surface area (Å²) >= 11 is 6.09. The Kier molecular flexibility index (Phi) is 8.57. The maximum Gasteiger partial charge on any atom is 0.193 e. The van der Waals surface area contributed by atoms with Gasteiger partial charge in [-0.25, -0.2) is 4.39 Å². The maximum absolute atomic E-state index is 13.9. The molecule has 0 saturated carbocycles. The highest BCUT2D eigenvalue weighted by Gasteiger charge is 2.20. The Morgan fingerprint density at radius 1 is 1.52 bits per heavy atom. The van der Waals surface area contributed by atoms with Crippen LogP contribution in [0.3, 0.4) is 0 Å². The van der Waals surface area contributed by atoms with Gasteiger partial charge in [0.05, 0.1) is 0 Å². The van der Waals surface area contributed by atoms with E-state index in [9.17, 15) is 4.39 Å². The van der Waals surface area contributed by atoms with Gasteiger partial charge in [-0.3, -0.25) is 4.99 Å². The van der Waals surface area contributed by atoms with Gasteiger partial charge in [-0.1, -0.05) is 17.7 Å². The number of aliphatic imine (C=N–C) groups is 1. The molecule has 23 heavy (non-hydrogen) atoms. The fraction of sp³-hybridized carbons (Fsp3) is 0.562. The number of hydrogen-bond donors (Lipinski definition) is 1. The zero-order valence-corrected chi connectivity index (χ0v) is 16.9. The number of benzene rings is 1. The first-order valence-electron chi connectivity index (χ1n) is 7.54. The lowest BCUT2D eigenvalue weighted by molar-refractivity contribution is 0.390. The zero-order chi connectivity index (χ0) is 16.1. The summed E-state index contributed by atoms with van der Waals surface area (Å²) < 4.78 is 13.9. The highest BCUT2D eigenvalue weighted by molar-refractivity contribution is 14.0. The summed E-state index contributed by atoms with van der Waals surface area (Å²) in [5, 5.41) is 3.82. The van der Waals surface area contributed by atoms with E-state index >= 15 is 0 Å². The lowest BCUT2D eigenvalue weighted by atomic mass is 10.1. The summed E-state index contributed by atoms with van der Waals surface area (Å²) in [7, 11) is 5.77. The Labute approximate surface area is 160 Å². The molecule has 0 aliphatic carbocycles. The van der Waals surface area contributed by atoms with Crippen LogP contribution in [0.1, 0.15) is 12.0 Å². The van der Waals surface area contributed by atoms with E-state index < -0.39 is 0 Å². The number of guanidine groups is 1. The molecular weight excluding hydrogens is 430 g/mol. The van der Waals surface area contributed by atoms with Crippen molar-refractivity contribution in [3.8, 4) is 0 Å². The molecule has 1 saturated heterocycles. The summed E-state index contributed by atoms with van der Waals surface area (Å²) in [5.41, 5.74) is 0.496. The summed E-state index contributed by atoms with van der Waals surface area (Å²) in [4.78, 5) is 8.50. The van der Waals surface area contributed by atoms with Crippen molar-refractivity contribution in [2.45, 2.75) is 13.0 Å². The first-order valence-corrected chi connectivity index (χ1v) is 7.92. The van der Waals surface area contributed by atoms with Crippen molar-refractivity contribution in [1.82, 2.24) is 15.1 Å². The Bertz CT molecular complexity index is 521. The molecule has 1 aliphatic heterocycles. The van der Waals surface area contributed by atoms with Gasteiger partial charge in [-0.05, 0) is 38.1 Å². The maximum atomic E-state index is 13.9. The van der Waals surface area contributed by atoms with E-state index in [1.165, 1.54) is 12.5 Å². The van der Waals surface area contributed by atoms with Crippen LogP contribution in [-0.2, 0) is 6.54 Å². The molecule has 130 valence electrons. The minimum absolute atomic E-state index is 0. The molecule has 1 aromatic carbocycles. The molecule has 1 atom stereocenters. The molecule has 1 heterocycles. The minimum Gasteiger partial charge on any atom is -0.356 e. The molecule has 1 N–H and O–H groups in total. The lowest BCUT2D eigenvalue weighted by Gasteiger charge is -2.24. The van der Waals surface area contributed by atoms with E-state index in [0.29, 0.717) is 23.0 Å². The van der Waals surface area contributed by atoms with Gasteiger partial charge in [-0.15, -0.1) is 24.0 Å². The van der Waals surface area contributed by atoms with Crippen LogP contribution in [0.4, 0.5) is 4.39 Å². The van der Waals surface area contributed by atoms with Crippen molar-refractivity contribution in [1.29, 1.82) is 0 Å². The Hall–Kier alpha value is -0.600. The fourth-order valence-corrected chi connectivity index (χ4v) is 3.03. The highest BCUT2D eigenvalue weighted by Crippen LogP contribution is 2.20. The van der Waals surface area contributed by atoms with E-state index in [4.69, 9.17) is 11.6 Å². The highest BCUT2D eigenvalue weighted by atomic mass is 127. The molecule has 0 aromatic heterocycles. The molecule has 0 spiro atoms. The molecule has 1 fully saturated rings. The molecule has 1 aliphatic rings. The quantitative estimate of drug-likeness (QED) is 0.431. The molecule has 0 bridgehead atoms. The van der Waals surface area contributed by atoms with Crippen LogP contribution in [0, 0.1) is 11.7 Å². The predicted molar refractivity (Wildman–Crippen MR) is 105 cm³/mol. The van der Waals surface area contributed by atoms with Gasteiger partial charge in [-0.2, -0.15) is 0 Å². The van der Waals surface area contributed by atoms with Gasteiger partial charge < -0.3 is 15.1 Å². The van der Waals surface area contributed by atoms with E-state index in [2.05, 4.69) is 22.3 Å². The van der Waals surface area contributed by atoms with Gasteiger partial charge in [0.1, 0.15) is 5.82 Å². The van der Waals surface area contributed by atoms with Gasteiger partial charge >= 0.3 is 0 Å². The standard InChI is InChI=1S/C16H24ClFN4.HI/c1-19-16(20-9-12-7-8-21(2)10-12)22(3)11-13-14(17)5-4-6-15(13)18;/h4-6,12H,7-11H2,1-3H3,(H,19,20);1H. The number of nitrogens with zero attached hydrogens (tertiary/aromatic N) is 3. The monoisotopic (exact) mass is 454 g/mol. The van der Waals surface area contributed by atoms with Crippen LogP contribution in [0.5, 0.6) is 0 Å². The van der Waals surface area contributed by atoms with E-state index in [1.807, 2.05) is 11.9 Å². The normalized spacial score (nSPS) is 18.7. The van der Waals surface area contributed by atoms with Gasteiger partial charge in [0.2, 0.25) is 0 Å². The number of nitrogens with one attached hydrogen (secondary N) is 1. The number of likely N-dealkylation sites (tertiary alicyclic amines) is 1. The SMILES string of the molecule is CN=C(NCC1CCN(C)C1)N(C)Cc1c(F)cccc1Cl.I. The third-order valence-corrected chi connectivity index (χ3v) is 4.42. The Morgan fingerprint density at radius 2 is 2.26 bits per heavy atom.